The molecule has 4 rings (SSSR count). The van der Waals surface area contributed by atoms with Crippen LogP contribution < -0.4 is 5.73 Å². The molecule has 2 saturated carbocycles. The third-order valence-electron chi connectivity index (χ3n) is 7.35. The molecule has 10 heteroatoms. The Kier molecular flexibility index (Phi) is 4.89. The number of nitrogens with zero attached hydrogens (tertiary/aromatic N) is 1. The second-order valence-corrected chi connectivity index (χ2v) is 9.11. The summed E-state index contributed by atoms with van der Waals surface area (Å²) in [5.41, 5.74) is 2.58. The fraction of sp³-hybridized carbons (Fsp3) is 0.500. The molecule has 0 unspecified atom stereocenters. The molecule has 10 nitrogen and oxygen atoms in total. The van der Waals surface area contributed by atoms with Crippen molar-refractivity contribution in [1.29, 1.82) is 0 Å². The number of ketones is 4. The van der Waals surface area contributed by atoms with Crippen molar-refractivity contribution in [3.63, 3.8) is 0 Å². The average Bonchev–Trinajstić information content (AvgIpc) is 2.70. The Morgan fingerprint density at radius 1 is 1.12 bits per heavy atom. The predicted octanol–water partition coefficient (Wildman–Crippen LogP) is -1.60. The number of amides is 1. The molecular formula is C22H24N2O8. The lowest BCUT2D eigenvalue weighted by molar-refractivity contribution is -0.196. The molecule has 0 heterocycles. The molecule has 5 N–H and O–H groups in total. The number of rotatable bonds is 2. The van der Waals surface area contributed by atoms with Gasteiger partial charge in [0.15, 0.2) is 34.7 Å². The van der Waals surface area contributed by atoms with Crippen molar-refractivity contribution in [1.82, 2.24) is 4.90 Å². The quantitative estimate of drug-likeness (QED) is 0.391. The molecule has 3 aliphatic carbocycles. The lowest BCUT2D eigenvalue weighted by Gasteiger charge is -2.55. The van der Waals surface area contributed by atoms with E-state index < -0.39 is 76.4 Å². The highest BCUT2D eigenvalue weighted by atomic mass is 16.3. The molecule has 0 radical (unpaired) electrons. The minimum atomic E-state index is -2.97. The van der Waals surface area contributed by atoms with Crippen LogP contribution in [0.4, 0.5) is 0 Å². The minimum absolute atomic E-state index is 0.112. The standard InChI is InChI=1S/C22H24N2O8/c1-7-8-5-4-6-9(25)11(8)16(26)12-10(7)17(27)14-15(24(2)3)18(28)13(21(23)31)20(30)22(14,32)19(12)29/h4-7,10,12-15,17,25,27,32H,1-3H3,(H2,23,31)/t7-,10+,12-,13+,14+,15-,17-,22-/m0/s1. The summed E-state index contributed by atoms with van der Waals surface area (Å²) in [7, 11) is 2.89. The molecule has 8 atom stereocenters. The van der Waals surface area contributed by atoms with Crippen LogP contribution in [-0.2, 0) is 19.2 Å². The summed E-state index contributed by atoms with van der Waals surface area (Å²) >= 11 is 0. The Morgan fingerprint density at radius 2 is 1.75 bits per heavy atom. The van der Waals surface area contributed by atoms with Crippen LogP contribution in [0.25, 0.3) is 0 Å². The van der Waals surface area contributed by atoms with Crippen molar-refractivity contribution in [2.24, 2.45) is 29.4 Å². The van der Waals surface area contributed by atoms with E-state index in [1.807, 2.05) is 0 Å². The number of hydrogen-bond acceptors (Lipinski definition) is 9. The van der Waals surface area contributed by atoms with Crippen molar-refractivity contribution >= 4 is 29.0 Å². The number of aliphatic hydroxyl groups excluding tert-OH is 1. The van der Waals surface area contributed by atoms with Crippen LogP contribution in [0.3, 0.4) is 0 Å². The summed E-state index contributed by atoms with van der Waals surface area (Å²) in [6.07, 6.45) is -1.62. The van der Waals surface area contributed by atoms with Gasteiger partial charge >= 0.3 is 0 Å². The molecule has 0 saturated heterocycles. The molecular weight excluding hydrogens is 420 g/mol. The van der Waals surface area contributed by atoms with E-state index in [0.717, 1.165) is 0 Å². The Labute approximate surface area is 183 Å². The Balaban J connectivity index is 1.96. The second kappa shape index (κ2) is 7.03. The second-order valence-electron chi connectivity index (χ2n) is 9.11. The van der Waals surface area contributed by atoms with Crippen LogP contribution in [-0.4, -0.2) is 81.1 Å². The van der Waals surface area contributed by atoms with E-state index >= 15 is 0 Å². The number of carbonyl (C=O) groups is 5. The highest BCUT2D eigenvalue weighted by molar-refractivity contribution is 6.32. The van der Waals surface area contributed by atoms with Gasteiger partial charge in [-0.25, -0.2) is 0 Å². The van der Waals surface area contributed by atoms with Gasteiger partial charge in [-0.2, -0.15) is 0 Å². The van der Waals surface area contributed by atoms with Crippen LogP contribution in [0.2, 0.25) is 0 Å². The van der Waals surface area contributed by atoms with Crippen molar-refractivity contribution in [2.45, 2.75) is 30.6 Å². The van der Waals surface area contributed by atoms with Gasteiger partial charge in [-0.3, -0.25) is 28.9 Å². The van der Waals surface area contributed by atoms with Crippen LogP contribution in [0.5, 0.6) is 5.75 Å². The molecule has 0 aliphatic heterocycles. The van der Waals surface area contributed by atoms with E-state index in [-0.39, 0.29) is 11.3 Å². The highest BCUT2D eigenvalue weighted by Crippen LogP contribution is 2.54. The Morgan fingerprint density at radius 3 is 2.31 bits per heavy atom. The summed E-state index contributed by atoms with van der Waals surface area (Å²) in [4.78, 5) is 66.3. The summed E-state index contributed by atoms with van der Waals surface area (Å²) < 4.78 is 0. The predicted molar refractivity (Wildman–Crippen MR) is 107 cm³/mol. The van der Waals surface area contributed by atoms with Crippen molar-refractivity contribution in [3.8, 4) is 5.75 Å². The largest absolute Gasteiger partial charge is 0.507 e. The first-order valence-electron chi connectivity index (χ1n) is 10.2. The summed E-state index contributed by atoms with van der Waals surface area (Å²) in [6.45, 7) is 1.66. The number of hydrogen-bond donors (Lipinski definition) is 4. The van der Waals surface area contributed by atoms with Gasteiger partial charge in [0.2, 0.25) is 5.91 Å². The molecule has 0 bridgehead atoms. The van der Waals surface area contributed by atoms with Crippen molar-refractivity contribution < 1.29 is 39.3 Å². The number of phenolic OH excluding ortho intramolecular Hbond substituents is 1. The molecule has 170 valence electrons. The van der Waals surface area contributed by atoms with Gasteiger partial charge in [0.25, 0.3) is 0 Å². The normalized spacial score (nSPS) is 38.9. The topological polar surface area (TPSA) is 175 Å². The molecule has 1 aromatic rings. The monoisotopic (exact) mass is 444 g/mol. The van der Waals surface area contributed by atoms with E-state index in [1.54, 1.807) is 13.0 Å². The number of likely N-dealkylation sites (N-methyl/N-ethyl adjacent to an activating group) is 1. The fourth-order valence-electron chi connectivity index (χ4n) is 5.95. The number of phenols is 1. The first-order chi connectivity index (χ1) is 14.9. The Bertz CT molecular complexity index is 1080. The molecule has 1 aromatic carbocycles. The lowest BCUT2D eigenvalue weighted by atomic mass is 9.49. The number of primary amides is 1. The average molecular weight is 444 g/mol. The minimum Gasteiger partial charge on any atom is -0.507 e. The molecule has 0 spiro atoms. The lowest BCUT2D eigenvalue weighted by Crippen LogP contribution is -2.77. The number of fused-ring (bicyclic) bond motifs is 3. The van der Waals surface area contributed by atoms with Gasteiger partial charge in [-0.1, -0.05) is 19.1 Å². The third-order valence-corrected chi connectivity index (χ3v) is 7.35. The van der Waals surface area contributed by atoms with E-state index in [4.69, 9.17) is 5.73 Å². The fourth-order valence-corrected chi connectivity index (χ4v) is 5.95. The number of nitrogens with two attached hydrogens (primary N) is 1. The van der Waals surface area contributed by atoms with Gasteiger partial charge in [0, 0.05) is 5.92 Å². The molecule has 2 fully saturated rings. The molecule has 32 heavy (non-hydrogen) atoms. The molecule has 1 amide bonds. The molecule has 3 aliphatic rings. The number of benzene rings is 1. The summed E-state index contributed by atoms with van der Waals surface area (Å²) in [5.74, 6) is -13.1. The van der Waals surface area contributed by atoms with Crippen molar-refractivity contribution in [2.75, 3.05) is 14.1 Å². The van der Waals surface area contributed by atoms with E-state index in [1.165, 1.54) is 31.1 Å². The maximum absolute atomic E-state index is 13.6. The van der Waals surface area contributed by atoms with E-state index in [2.05, 4.69) is 0 Å². The zero-order valence-electron chi connectivity index (χ0n) is 17.7. The number of carbonyl (C=O) groups excluding carboxylic acids is 5. The van der Waals surface area contributed by atoms with E-state index in [9.17, 15) is 39.3 Å². The number of Topliss-reactive ketones (excluding diaryl/α,β-unsaturated/α-hetero) is 4. The van der Waals surface area contributed by atoms with E-state index in [0.29, 0.717) is 5.56 Å². The van der Waals surface area contributed by atoms with Gasteiger partial charge in [0.05, 0.1) is 29.5 Å². The summed E-state index contributed by atoms with van der Waals surface area (Å²) in [5, 5.41) is 33.1. The number of aliphatic hydroxyl groups is 2. The van der Waals surface area contributed by atoms with Crippen LogP contribution in [0, 0.1) is 23.7 Å². The van der Waals surface area contributed by atoms with Gasteiger partial charge in [-0.05, 0) is 31.6 Å². The Hall–Kier alpha value is -2.95. The van der Waals surface area contributed by atoms with Crippen LogP contribution in [0.15, 0.2) is 18.2 Å². The summed E-state index contributed by atoms with van der Waals surface area (Å²) in [6, 6.07) is 3.03. The van der Waals surface area contributed by atoms with Gasteiger partial charge < -0.3 is 21.1 Å². The van der Waals surface area contributed by atoms with Gasteiger partial charge in [-0.15, -0.1) is 0 Å². The van der Waals surface area contributed by atoms with Crippen LogP contribution in [0.1, 0.15) is 28.8 Å². The maximum Gasteiger partial charge on any atom is 0.235 e. The first kappa shape index (κ1) is 22.3. The first-order valence-corrected chi connectivity index (χ1v) is 10.2. The third kappa shape index (κ3) is 2.54. The van der Waals surface area contributed by atoms with Gasteiger partial charge in [0.1, 0.15) is 5.75 Å². The maximum atomic E-state index is 13.6. The zero-order valence-corrected chi connectivity index (χ0v) is 17.7. The molecule has 0 aromatic heterocycles. The highest BCUT2D eigenvalue weighted by Gasteiger charge is 2.72. The zero-order chi connectivity index (χ0) is 23.9. The van der Waals surface area contributed by atoms with Crippen molar-refractivity contribution in [3.05, 3.63) is 29.3 Å². The smallest absolute Gasteiger partial charge is 0.235 e. The number of aromatic hydroxyl groups is 1. The van der Waals surface area contributed by atoms with Crippen LogP contribution >= 0.6 is 0 Å². The SMILES string of the molecule is C[C@H]1c2cccc(O)c2C(=O)[C@H]2C(=O)[C@]3(O)C(=O)[C@H](C(N)=O)C(=O)[C@@H](N(C)C)[C@@H]3[C@@H](O)[C@@H]21.